The van der Waals surface area contributed by atoms with E-state index in [1.807, 2.05) is 36.4 Å². The minimum Gasteiger partial charge on any atom is -0.427 e. The number of rotatable bonds is 15. The quantitative estimate of drug-likeness (QED) is 0.182. The van der Waals surface area contributed by atoms with Crippen LogP contribution in [0.3, 0.4) is 0 Å². The van der Waals surface area contributed by atoms with Crippen LogP contribution in [0.15, 0.2) is 60.7 Å². The second-order valence-electron chi connectivity index (χ2n) is 7.61. The van der Waals surface area contributed by atoms with Crippen molar-refractivity contribution in [1.29, 1.82) is 0 Å². The zero-order valence-corrected chi connectivity index (χ0v) is 17.9. The van der Waals surface area contributed by atoms with Gasteiger partial charge in [-0.1, -0.05) is 87.8 Å². The summed E-state index contributed by atoms with van der Waals surface area (Å²) in [5.41, 5.74) is 0. The summed E-state index contributed by atoms with van der Waals surface area (Å²) in [5.74, 6) is 0.953. The molecule has 4 nitrogen and oxygen atoms in total. The molecule has 0 fully saturated rings. The van der Waals surface area contributed by atoms with Gasteiger partial charge in [-0.2, -0.15) is 0 Å². The maximum absolute atomic E-state index is 11.8. The zero-order valence-electron chi connectivity index (χ0n) is 17.9. The second kappa shape index (κ2) is 15.3. The molecule has 0 bridgehead atoms. The predicted molar refractivity (Wildman–Crippen MR) is 120 cm³/mol. The number of carbonyl (C=O) groups is 2. The smallest absolute Gasteiger partial charge is 0.311 e. The first-order chi connectivity index (χ1) is 14.7. The Morgan fingerprint density at radius 3 is 1.10 bits per heavy atom. The molecule has 4 heteroatoms. The van der Waals surface area contributed by atoms with E-state index in [2.05, 4.69) is 0 Å². The first-order valence-corrected chi connectivity index (χ1v) is 11.3. The fraction of sp³-hybridized carbons (Fsp3) is 0.462. The van der Waals surface area contributed by atoms with Crippen LogP contribution in [0, 0.1) is 0 Å². The molecule has 0 unspecified atom stereocenters. The van der Waals surface area contributed by atoms with Crippen molar-refractivity contribution in [2.45, 2.75) is 77.0 Å². The number of hydrogen-bond acceptors (Lipinski definition) is 4. The third kappa shape index (κ3) is 11.4. The summed E-state index contributed by atoms with van der Waals surface area (Å²) in [4.78, 5) is 23.5. The van der Waals surface area contributed by atoms with E-state index in [4.69, 9.17) is 9.47 Å². The Bertz CT molecular complexity index is 649. The Balaban J connectivity index is 1.33. The van der Waals surface area contributed by atoms with Crippen molar-refractivity contribution in [1.82, 2.24) is 0 Å². The highest BCUT2D eigenvalue weighted by Gasteiger charge is 2.05. The number of benzene rings is 2. The first kappa shape index (κ1) is 23.7. The van der Waals surface area contributed by atoms with Gasteiger partial charge >= 0.3 is 11.9 Å². The van der Waals surface area contributed by atoms with Gasteiger partial charge in [0.15, 0.2) is 0 Å². The third-order valence-electron chi connectivity index (χ3n) is 4.96. The highest BCUT2D eigenvalue weighted by atomic mass is 16.5. The van der Waals surface area contributed by atoms with Gasteiger partial charge in [-0.15, -0.1) is 0 Å². The van der Waals surface area contributed by atoms with Crippen LogP contribution in [0.25, 0.3) is 0 Å². The van der Waals surface area contributed by atoms with Gasteiger partial charge in [-0.05, 0) is 37.1 Å². The molecule has 0 aliphatic heterocycles. The Morgan fingerprint density at radius 1 is 0.467 bits per heavy atom. The minimum atomic E-state index is -0.145. The molecule has 2 aromatic rings. The molecule has 0 aliphatic rings. The number of esters is 2. The predicted octanol–water partition coefficient (Wildman–Crippen LogP) is 6.88. The van der Waals surface area contributed by atoms with Crippen LogP contribution in [0.2, 0.25) is 0 Å². The normalized spacial score (nSPS) is 10.5. The number of ether oxygens (including phenoxy) is 2. The summed E-state index contributed by atoms with van der Waals surface area (Å²) in [6, 6.07) is 18.5. The molecule has 0 aromatic heterocycles. The minimum absolute atomic E-state index is 0.145. The summed E-state index contributed by atoms with van der Waals surface area (Å²) in [7, 11) is 0. The van der Waals surface area contributed by atoms with Crippen molar-refractivity contribution in [3.05, 3.63) is 60.7 Å². The molecule has 162 valence electrons. The lowest BCUT2D eigenvalue weighted by Gasteiger charge is -2.05. The summed E-state index contributed by atoms with van der Waals surface area (Å²) in [5, 5.41) is 0. The van der Waals surface area contributed by atoms with Crippen molar-refractivity contribution in [3.63, 3.8) is 0 Å². The van der Waals surface area contributed by atoms with Gasteiger partial charge in [0, 0.05) is 12.8 Å². The van der Waals surface area contributed by atoms with E-state index < -0.39 is 0 Å². The maximum Gasteiger partial charge on any atom is 0.311 e. The first-order valence-electron chi connectivity index (χ1n) is 11.3. The van der Waals surface area contributed by atoms with E-state index in [-0.39, 0.29) is 11.9 Å². The molecule has 0 radical (unpaired) electrons. The van der Waals surface area contributed by atoms with Gasteiger partial charge in [0.05, 0.1) is 0 Å². The molecule has 30 heavy (non-hydrogen) atoms. The molecular formula is C26H34O4. The highest BCUT2D eigenvalue weighted by Crippen LogP contribution is 2.15. The Hall–Kier alpha value is -2.62. The van der Waals surface area contributed by atoms with Crippen LogP contribution in [0.4, 0.5) is 0 Å². The lowest BCUT2D eigenvalue weighted by atomic mass is 10.1. The highest BCUT2D eigenvalue weighted by molar-refractivity contribution is 5.72. The number of hydrogen-bond donors (Lipinski definition) is 0. The molecule has 0 aliphatic carbocycles. The number of carbonyl (C=O) groups excluding carboxylic acids is 2. The zero-order chi connectivity index (χ0) is 21.3. The summed E-state index contributed by atoms with van der Waals surface area (Å²) >= 11 is 0. The molecule has 0 spiro atoms. The van der Waals surface area contributed by atoms with Crippen LogP contribution >= 0.6 is 0 Å². The Labute approximate surface area is 180 Å². The molecule has 0 heterocycles. The largest absolute Gasteiger partial charge is 0.427 e. The van der Waals surface area contributed by atoms with Gasteiger partial charge < -0.3 is 9.47 Å². The molecular weight excluding hydrogens is 376 g/mol. The monoisotopic (exact) mass is 410 g/mol. The molecule has 0 N–H and O–H groups in total. The van der Waals surface area contributed by atoms with Crippen molar-refractivity contribution in [2.75, 3.05) is 0 Å². The van der Waals surface area contributed by atoms with Crippen LogP contribution in [-0.2, 0) is 9.59 Å². The van der Waals surface area contributed by atoms with Crippen molar-refractivity contribution >= 4 is 11.9 Å². The molecule has 0 saturated heterocycles. The van der Waals surface area contributed by atoms with Crippen molar-refractivity contribution in [2.24, 2.45) is 0 Å². The summed E-state index contributed by atoms with van der Waals surface area (Å²) in [6.07, 6.45) is 12.2. The van der Waals surface area contributed by atoms with E-state index in [0.717, 1.165) is 25.7 Å². The number of unbranched alkanes of at least 4 members (excludes halogenated alkanes) is 9. The summed E-state index contributed by atoms with van der Waals surface area (Å²) in [6.45, 7) is 0. The van der Waals surface area contributed by atoms with Crippen molar-refractivity contribution < 1.29 is 19.1 Å². The second-order valence-corrected chi connectivity index (χ2v) is 7.61. The summed E-state index contributed by atoms with van der Waals surface area (Å²) < 4.78 is 10.6. The van der Waals surface area contributed by atoms with Crippen LogP contribution in [0.1, 0.15) is 77.0 Å². The standard InChI is InChI=1S/C26H34O4/c27-25(29-23-17-11-9-12-18-23)21-15-7-5-3-1-2-4-6-8-16-22-26(28)30-24-19-13-10-14-20-24/h9-14,17-20H,1-8,15-16,21-22H2. The molecule has 0 atom stereocenters. The fourth-order valence-corrected chi connectivity index (χ4v) is 3.29. The maximum atomic E-state index is 11.8. The fourth-order valence-electron chi connectivity index (χ4n) is 3.29. The average molecular weight is 411 g/mol. The van der Waals surface area contributed by atoms with Gasteiger partial charge in [-0.3, -0.25) is 9.59 Å². The van der Waals surface area contributed by atoms with Gasteiger partial charge in [0.2, 0.25) is 0 Å². The van der Waals surface area contributed by atoms with Crippen LogP contribution in [0.5, 0.6) is 11.5 Å². The third-order valence-corrected chi connectivity index (χ3v) is 4.96. The average Bonchev–Trinajstić information content (AvgIpc) is 2.76. The molecule has 2 rings (SSSR count). The van der Waals surface area contributed by atoms with E-state index in [9.17, 15) is 9.59 Å². The van der Waals surface area contributed by atoms with E-state index in [1.54, 1.807) is 24.3 Å². The molecule has 2 aromatic carbocycles. The lowest BCUT2D eigenvalue weighted by Crippen LogP contribution is -2.07. The van der Waals surface area contributed by atoms with Crippen LogP contribution < -0.4 is 9.47 Å². The SMILES string of the molecule is O=C(CCCCCCCCCCCCC(=O)Oc1ccccc1)Oc1ccccc1. The number of para-hydroxylation sites is 2. The molecule has 0 amide bonds. The van der Waals surface area contributed by atoms with Crippen molar-refractivity contribution in [3.8, 4) is 11.5 Å². The van der Waals surface area contributed by atoms with E-state index >= 15 is 0 Å². The van der Waals surface area contributed by atoms with Gasteiger partial charge in [0.1, 0.15) is 11.5 Å². The topological polar surface area (TPSA) is 52.6 Å². The lowest BCUT2D eigenvalue weighted by molar-refractivity contribution is -0.135. The van der Waals surface area contributed by atoms with E-state index in [1.165, 1.54) is 38.5 Å². The van der Waals surface area contributed by atoms with Crippen LogP contribution in [-0.4, -0.2) is 11.9 Å². The van der Waals surface area contributed by atoms with Gasteiger partial charge in [0.25, 0.3) is 0 Å². The Kier molecular flexibility index (Phi) is 12.0. The van der Waals surface area contributed by atoms with Gasteiger partial charge in [-0.25, -0.2) is 0 Å². The molecule has 0 saturated carbocycles. The Morgan fingerprint density at radius 2 is 0.767 bits per heavy atom. The van der Waals surface area contributed by atoms with E-state index in [0.29, 0.717) is 24.3 Å².